The van der Waals surface area contributed by atoms with Crippen molar-refractivity contribution in [1.82, 2.24) is 0 Å². The second kappa shape index (κ2) is 6.22. The van der Waals surface area contributed by atoms with Gasteiger partial charge in [-0.15, -0.1) is 0 Å². The van der Waals surface area contributed by atoms with Crippen molar-refractivity contribution in [1.29, 1.82) is 0 Å². The van der Waals surface area contributed by atoms with E-state index in [0.717, 1.165) is 48.5 Å². The number of hydrogen-bond acceptors (Lipinski definition) is 0. The molecule has 1 unspecified atom stereocenters. The molecule has 0 spiro atoms. The fourth-order valence-corrected chi connectivity index (χ4v) is 2.04. The van der Waals surface area contributed by atoms with Crippen LogP contribution in [0.25, 0.3) is 0 Å². The monoisotopic (exact) mass is 336 g/mol. The second-order valence-corrected chi connectivity index (χ2v) is 4.99. The Labute approximate surface area is 127 Å². The minimum Gasteiger partial charge on any atom is -0.242 e. The average Bonchev–Trinajstić information content (AvgIpc) is 2.46. The molecule has 7 heteroatoms. The molecular weight excluding hydrogens is 325 g/mol. The molecule has 2 aromatic carbocycles. The van der Waals surface area contributed by atoms with Crippen molar-refractivity contribution in [3.63, 3.8) is 0 Å². The van der Waals surface area contributed by atoms with E-state index in [0.29, 0.717) is 5.56 Å². The van der Waals surface area contributed by atoms with Gasteiger partial charge in [0, 0.05) is 6.42 Å². The third-order valence-corrected chi connectivity index (χ3v) is 3.30. The predicted molar refractivity (Wildman–Crippen MR) is 70.4 cm³/mol. The smallest absolute Gasteiger partial charge is 0.242 e. The summed E-state index contributed by atoms with van der Waals surface area (Å²) in [6.45, 7) is 0. The van der Waals surface area contributed by atoms with Gasteiger partial charge in [-0.2, -0.15) is 26.3 Å². The molecular formula is C16H11F7. The molecule has 0 aliphatic heterocycles. The lowest BCUT2D eigenvalue weighted by molar-refractivity contribution is -0.138. The van der Waals surface area contributed by atoms with Crippen LogP contribution in [0.5, 0.6) is 0 Å². The van der Waals surface area contributed by atoms with Gasteiger partial charge in [0.2, 0.25) is 0 Å². The van der Waals surface area contributed by atoms with Crippen LogP contribution in [0.1, 0.15) is 28.4 Å². The first-order chi connectivity index (χ1) is 10.6. The summed E-state index contributed by atoms with van der Waals surface area (Å²) >= 11 is 0. The molecule has 2 aromatic rings. The molecule has 0 bridgehead atoms. The fourth-order valence-electron chi connectivity index (χ4n) is 2.04. The first kappa shape index (κ1) is 17.3. The van der Waals surface area contributed by atoms with Crippen LogP contribution in [0, 0.1) is 0 Å². The molecule has 0 aliphatic rings. The van der Waals surface area contributed by atoms with Crippen LogP contribution in [0.4, 0.5) is 30.7 Å². The second-order valence-electron chi connectivity index (χ2n) is 4.99. The Morgan fingerprint density at radius 3 is 1.43 bits per heavy atom. The van der Waals surface area contributed by atoms with E-state index in [-0.39, 0.29) is 12.0 Å². The van der Waals surface area contributed by atoms with Gasteiger partial charge in [-0.25, -0.2) is 4.39 Å². The highest BCUT2D eigenvalue weighted by molar-refractivity contribution is 5.29. The topological polar surface area (TPSA) is 0 Å². The van der Waals surface area contributed by atoms with Gasteiger partial charge < -0.3 is 0 Å². The lowest BCUT2D eigenvalue weighted by Crippen LogP contribution is -2.06. The van der Waals surface area contributed by atoms with Crippen LogP contribution in [0.3, 0.4) is 0 Å². The number of benzene rings is 2. The van der Waals surface area contributed by atoms with Gasteiger partial charge in [0.05, 0.1) is 11.1 Å². The third-order valence-electron chi connectivity index (χ3n) is 3.30. The van der Waals surface area contributed by atoms with Crippen LogP contribution in [-0.4, -0.2) is 0 Å². The highest BCUT2D eigenvalue weighted by Crippen LogP contribution is 2.32. The lowest BCUT2D eigenvalue weighted by Gasteiger charge is -2.12. The predicted octanol–water partition coefficient (Wildman–Crippen LogP) is 5.98. The standard InChI is InChI=1S/C16H11F7/c17-14(11-3-7-13(8-4-11)16(21,22)23)9-10-1-5-12(6-2-10)15(18,19)20/h1-8,14H,9H2. The van der Waals surface area contributed by atoms with E-state index in [2.05, 4.69) is 0 Å². The molecule has 1 atom stereocenters. The van der Waals surface area contributed by atoms with Crippen molar-refractivity contribution in [2.75, 3.05) is 0 Å². The maximum absolute atomic E-state index is 14.1. The molecule has 124 valence electrons. The van der Waals surface area contributed by atoms with E-state index >= 15 is 0 Å². The third kappa shape index (κ3) is 4.46. The molecule has 0 heterocycles. The zero-order valence-electron chi connectivity index (χ0n) is 11.5. The van der Waals surface area contributed by atoms with Crippen LogP contribution >= 0.6 is 0 Å². The Balaban J connectivity index is 2.08. The summed E-state index contributed by atoms with van der Waals surface area (Å²) in [5, 5.41) is 0. The van der Waals surface area contributed by atoms with Crippen LogP contribution < -0.4 is 0 Å². The number of alkyl halides is 7. The van der Waals surface area contributed by atoms with Crippen molar-refractivity contribution < 1.29 is 30.7 Å². The number of hydrogen-bond donors (Lipinski definition) is 0. The van der Waals surface area contributed by atoms with Crippen molar-refractivity contribution in [2.24, 2.45) is 0 Å². The molecule has 0 saturated heterocycles. The summed E-state index contributed by atoms with van der Waals surface area (Å²) in [6, 6.07) is 7.58. The molecule has 23 heavy (non-hydrogen) atoms. The summed E-state index contributed by atoms with van der Waals surface area (Å²) < 4.78 is 88.6. The molecule has 0 aromatic heterocycles. The molecule has 0 N–H and O–H groups in total. The van der Waals surface area contributed by atoms with E-state index < -0.39 is 29.7 Å². The van der Waals surface area contributed by atoms with Crippen LogP contribution in [-0.2, 0) is 18.8 Å². The minimum absolute atomic E-state index is 0.0397. The highest BCUT2D eigenvalue weighted by atomic mass is 19.4. The molecule has 0 radical (unpaired) electrons. The molecule has 0 aliphatic carbocycles. The van der Waals surface area contributed by atoms with Crippen LogP contribution in [0.15, 0.2) is 48.5 Å². The maximum atomic E-state index is 14.1. The van der Waals surface area contributed by atoms with E-state index in [4.69, 9.17) is 0 Å². The molecule has 0 nitrogen and oxygen atoms in total. The maximum Gasteiger partial charge on any atom is 0.416 e. The Morgan fingerprint density at radius 2 is 1.04 bits per heavy atom. The summed E-state index contributed by atoms with van der Waals surface area (Å²) in [7, 11) is 0. The Kier molecular flexibility index (Phi) is 4.68. The Bertz CT molecular complexity index is 636. The lowest BCUT2D eigenvalue weighted by atomic mass is 10.0. The van der Waals surface area contributed by atoms with Gasteiger partial charge >= 0.3 is 12.4 Å². The van der Waals surface area contributed by atoms with Gasteiger partial charge in [0.1, 0.15) is 6.17 Å². The summed E-state index contributed by atoms with van der Waals surface area (Å²) in [5.41, 5.74) is -1.36. The van der Waals surface area contributed by atoms with Crippen LogP contribution in [0.2, 0.25) is 0 Å². The van der Waals surface area contributed by atoms with Gasteiger partial charge in [-0.1, -0.05) is 24.3 Å². The number of halogens is 7. The summed E-state index contributed by atoms with van der Waals surface area (Å²) in [4.78, 5) is 0. The Hall–Kier alpha value is -2.05. The van der Waals surface area contributed by atoms with Gasteiger partial charge in [0.15, 0.2) is 0 Å². The first-order valence-corrected chi connectivity index (χ1v) is 6.55. The van der Waals surface area contributed by atoms with Gasteiger partial charge in [0.25, 0.3) is 0 Å². The van der Waals surface area contributed by atoms with Crippen molar-refractivity contribution in [2.45, 2.75) is 24.9 Å². The highest BCUT2D eigenvalue weighted by Gasteiger charge is 2.31. The molecule has 2 rings (SSSR count). The molecule has 0 amide bonds. The van der Waals surface area contributed by atoms with E-state index in [1.165, 1.54) is 0 Å². The van der Waals surface area contributed by atoms with Crippen molar-refractivity contribution >= 4 is 0 Å². The Morgan fingerprint density at radius 1 is 0.652 bits per heavy atom. The zero-order chi connectivity index (χ0) is 17.3. The minimum atomic E-state index is -4.50. The van der Waals surface area contributed by atoms with Crippen molar-refractivity contribution in [3.8, 4) is 0 Å². The van der Waals surface area contributed by atoms with Gasteiger partial charge in [-0.3, -0.25) is 0 Å². The normalized spacial score (nSPS) is 13.9. The van der Waals surface area contributed by atoms with E-state index in [9.17, 15) is 30.7 Å². The quantitative estimate of drug-likeness (QED) is 0.605. The first-order valence-electron chi connectivity index (χ1n) is 6.55. The molecule has 0 fully saturated rings. The largest absolute Gasteiger partial charge is 0.416 e. The zero-order valence-corrected chi connectivity index (χ0v) is 11.5. The van der Waals surface area contributed by atoms with Gasteiger partial charge in [-0.05, 0) is 35.4 Å². The van der Waals surface area contributed by atoms with Crippen molar-refractivity contribution in [3.05, 3.63) is 70.8 Å². The van der Waals surface area contributed by atoms with E-state index in [1.54, 1.807) is 0 Å². The summed E-state index contributed by atoms with van der Waals surface area (Å²) in [5.74, 6) is 0. The number of rotatable bonds is 3. The average molecular weight is 336 g/mol. The SMILES string of the molecule is FC(Cc1ccc(C(F)(F)F)cc1)c1ccc(C(F)(F)F)cc1. The summed E-state index contributed by atoms with van der Waals surface area (Å²) in [6.07, 6.45) is -10.8. The molecule has 0 saturated carbocycles. The van der Waals surface area contributed by atoms with E-state index in [1.807, 2.05) is 0 Å². The fraction of sp³-hybridized carbons (Fsp3) is 0.250.